The van der Waals surface area contributed by atoms with E-state index in [0.717, 1.165) is 0 Å². The number of hydrogen-bond acceptors (Lipinski definition) is 3. The minimum absolute atomic E-state index is 0.0123. The van der Waals surface area contributed by atoms with Crippen molar-refractivity contribution in [3.63, 3.8) is 0 Å². The average molecular weight is 345 g/mol. The zero-order valence-corrected chi connectivity index (χ0v) is 14.4. The molecule has 2 amide bonds. The van der Waals surface area contributed by atoms with Gasteiger partial charge in [0.15, 0.2) is 0 Å². The Morgan fingerprint density at radius 2 is 2.00 bits per heavy atom. The van der Waals surface area contributed by atoms with Crippen LogP contribution in [0.5, 0.6) is 0 Å². The van der Waals surface area contributed by atoms with Gasteiger partial charge >= 0.3 is 0 Å². The lowest BCUT2D eigenvalue weighted by Crippen LogP contribution is -2.44. The number of anilines is 2. The summed E-state index contributed by atoms with van der Waals surface area (Å²) < 4.78 is 1.74. The first-order chi connectivity index (χ1) is 11.2. The number of nitrogens with zero attached hydrogens (tertiary/aromatic N) is 2. The molecular formula is C17H17ClN4O2. The fourth-order valence-corrected chi connectivity index (χ4v) is 3.97. The third-order valence-corrected chi connectivity index (χ3v) is 4.94. The number of rotatable bonds is 0. The Labute approximate surface area is 144 Å². The molecule has 1 aromatic carbocycles. The molecule has 4 rings (SSSR count). The van der Waals surface area contributed by atoms with Gasteiger partial charge in [-0.25, -0.2) is 4.68 Å². The maximum atomic E-state index is 12.9. The number of halogens is 1. The average Bonchev–Trinajstić information content (AvgIpc) is 3.00. The van der Waals surface area contributed by atoms with Gasteiger partial charge < -0.3 is 10.6 Å². The molecule has 124 valence electrons. The van der Waals surface area contributed by atoms with Crippen LogP contribution in [0.15, 0.2) is 24.4 Å². The monoisotopic (exact) mass is 344 g/mol. The molecule has 0 bridgehead atoms. The van der Waals surface area contributed by atoms with E-state index < -0.39 is 5.41 Å². The van der Waals surface area contributed by atoms with Gasteiger partial charge in [-0.15, -0.1) is 0 Å². The fraction of sp³-hybridized carbons (Fsp3) is 0.353. The summed E-state index contributed by atoms with van der Waals surface area (Å²) in [5.74, 6) is 0.0910. The summed E-state index contributed by atoms with van der Waals surface area (Å²) in [6.07, 6.45) is 1.68. The van der Waals surface area contributed by atoms with E-state index in [9.17, 15) is 9.59 Å². The molecule has 0 saturated heterocycles. The van der Waals surface area contributed by atoms with Gasteiger partial charge in [-0.05, 0) is 32.9 Å². The second-order valence-corrected chi connectivity index (χ2v) is 7.64. The van der Waals surface area contributed by atoms with Crippen molar-refractivity contribution in [1.29, 1.82) is 0 Å². The summed E-state index contributed by atoms with van der Waals surface area (Å²) in [5.41, 5.74) is 0.520. The summed E-state index contributed by atoms with van der Waals surface area (Å²) in [7, 11) is 0. The van der Waals surface area contributed by atoms with Gasteiger partial charge in [-0.2, -0.15) is 5.10 Å². The number of hydrogen-bond donors (Lipinski definition) is 2. The van der Waals surface area contributed by atoms with Gasteiger partial charge in [0.2, 0.25) is 11.8 Å². The van der Waals surface area contributed by atoms with Gasteiger partial charge in [0.1, 0.15) is 11.2 Å². The van der Waals surface area contributed by atoms with Crippen molar-refractivity contribution in [1.82, 2.24) is 9.78 Å². The molecule has 1 aromatic heterocycles. The third-order valence-electron chi connectivity index (χ3n) is 4.62. The Balaban J connectivity index is 2.05. The van der Waals surface area contributed by atoms with E-state index in [2.05, 4.69) is 15.7 Å². The summed E-state index contributed by atoms with van der Waals surface area (Å²) in [6.45, 7) is 5.97. The zero-order valence-electron chi connectivity index (χ0n) is 13.6. The van der Waals surface area contributed by atoms with E-state index in [-0.39, 0.29) is 23.8 Å². The van der Waals surface area contributed by atoms with Gasteiger partial charge in [0.05, 0.1) is 11.7 Å². The molecule has 2 aromatic rings. The number of nitrogens with one attached hydrogen (secondary N) is 2. The molecule has 24 heavy (non-hydrogen) atoms. The predicted molar refractivity (Wildman–Crippen MR) is 91.3 cm³/mol. The van der Waals surface area contributed by atoms with Crippen LogP contribution in [0.2, 0.25) is 5.02 Å². The maximum Gasteiger partial charge on any atom is 0.240 e. The van der Waals surface area contributed by atoms with Crippen molar-refractivity contribution in [2.75, 3.05) is 10.6 Å². The van der Waals surface area contributed by atoms with Crippen molar-refractivity contribution in [2.24, 2.45) is 0 Å². The highest BCUT2D eigenvalue weighted by atomic mass is 35.5. The predicted octanol–water partition coefficient (Wildman–Crippen LogP) is 2.87. The molecule has 2 aliphatic rings. The van der Waals surface area contributed by atoms with Crippen molar-refractivity contribution in [3.8, 4) is 0 Å². The van der Waals surface area contributed by atoms with Gasteiger partial charge in [-0.3, -0.25) is 9.59 Å². The third kappa shape index (κ3) is 1.80. The first-order valence-corrected chi connectivity index (χ1v) is 8.12. The first kappa shape index (κ1) is 15.2. The Morgan fingerprint density at radius 3 is 2.71 bits per heavy atom. The molecule has 0 aliphatic carbocycles. The highest BCUT2D eigenvalue weighted by molar-refractivity contribution is 6.33. The molecule has 0 saturated carbocycles. The summed E-state index contributed by atoms with van der Waals surface area (Å²) in [5, 5.41) is 10.6. The molecule has 2 aliphatic heterocycles. The van der Waals surface area contributed by atoms with E-state index in [1.807, 2.05) is 20.8 Å². The molecule has 0 radical (unpaired) electrons. The molecule has 0 unspecified atom stereocenters. The molecule has 1 spiro atoms. The van der Waals surface area contributed by atoms with Crippen LogP contribution in [0.1, 0.15) is 38.3 Å². The van der Waals surface area contributed by atoms with Crippen LogP contribution < -0.4 is 10.6 Å². The van der Waals surface area contributed by atoms with Crippen LogP contribution in [-0.2, 0) is 20.5 Å². The van der Waals surface area contributed by atoms with Crippen LogP contribution in [0.3, 0.4) is 0 Å². The summed E-state index contributed by atoms with van der Waals surface area (Å²) >= 11 is 6.42. The zero-order chi connectivity index (χ0) is 17.3. The van der Waals surface area contributed by atoms with Gasteiger partial charge in [-0.1, -0.05) is 17.7 Å². The highest BCUT2D eigenvalue weighted by Crippen LogP contribution is 2.52. The van der Waals surface area contributed by atoms with Gasteiger partial charge in [0.25, 0.3) is 0 Å². The fourth-order valence-electron chi connectivity index (χ4n) is 3.63. The van der Waals surface area contributed by atoms with Crippen LogP contribution in [-0.4, -0.2) is 21.6 Å². The van der Waals surface area contributed by atoms with E-state index in [4.69, 9.17) is 11.6 Å². The molecule has 7 heteroatoms. The van der Waals surface area contributed by atoms with E-state index in [1.165, 1.54) is 0 Å². The maximum absolute atomic E-state index is 12.9. The SMILES string of the molecule is CC(C)(C)n1ncc2c1NC(=O)C[C@]21C(=O)Nc2cccc(Cl)c21. The molecule has 6 nitrogen and oxygen atoms in total. The molecule has 1 atom stereocenters. The quantitative estimate of drug-likeness (QED) is 0.771. The number of aromatic nitrogens is 2. The summed E-state index contributed by atoms with van der Waals surface area (Å²) in [4.78, 5) is 25.4. The Morgan fingerprint density at radius 1 is 1.25 bits per heavy atom. The summed E-state index contributed by atoms with van der Waals surface area (Å²) in [6, 6.07) is 5.32. The van der Waals surface area contributed by atoms with Crippen molar-refractivity contribution in [3.05, 3.63) is 40.5 Å². The van der Waals surface area contributed by atoms with E-state index in [0.29, 0.717) is 27.7 Å². The number of carbonyl (C=O) groups is 2. The number of carbonyl (C=O) groups excluding carboxylic acids is 2. The second kappa shape index (κ2) is 4.60. The normalized spacial score (nSPS) is 22.2. The molecular weight excluding hydrogens is 328 g/mol. The number of benzene rings is 1. The van der Waals surface area contributed by atoms with Crippen molar-refractivity contribution < 1.29 is 9.59 Å². The van der Waals surface area contributed by atoms with Crippen molar-refractivity contribution >= 4 is 34.9 Å². The van der Waals surface area contributed by atoms with Crippen LogP contribution in [0.25, 0.3) is 0 Å². The Kier molecular flexibility index (Phi) is 2.91. The molecule has 3 heterocycles. The van der Waals surface area contributed by atoms with Crippen molar-refractivity contribution in [2.45, 2.75) is 38.1 Å². The van der Waals surface area contributed by atoms with Crippen LogP contribution >= 0.6 is 11.6 Å². The minimum atomic E-state index is -1.13. The lowest BCUT2D eigenvalue weighted by atomic mass is 9.71. The molecule has 0 fully saturated rings. The molecule has 2 N–H and O–H groups in total. The Hall–Kier alpha value is -2.34. The standard InChI is InChI=1S/C17H17ClN4O2/c1-16(2,3)22-14-9(8-19-22)17(7-12(23)21-14)13-10(18)5-4-6-11(13)20-15(17)24/h4-6,8H,7H2,1-3H3,(H,20,24)(H,21,23)/t17-/m0/s1. The van der Waals surface area contributed by atoms with Crippen LogP contribution in [0, 0.1) is 0 Å². The minimum Gasteiger partial charge on any atom is -0.325 e. The Bertz CT molecular complexity index is 896. The number of fused-ring (bicyclic) bond motifs is 4. The van der Waals surface area contributed by atoms with E-state index in [1.54, 1.807) is 29.1 Å². The topological polar surface area (TPSA) is 76.0 Å². The number of amides is 2. The van der Waals surface area contributed by atoms with Crippen LogP contribution in [0.4, 0.5) is 11.5 Å². The van der Waals surface area contributed by atoms with E-state index >= 15 is 0 Å². The highest BCUT2D eigenvalue weighted by Gasteiger charge is 2.55. The largest absolute Gasteiger partial charge is 0.325 e. The second-order valence-electron chi connectivity index (χ2n) is 7.24. The lowest BCUT2D eigenvalue weighted by Gasteiger charge is -2.33. The lowest BCUT2D eigenvalue weighted by molar-refractivity contribution is -0.125. The smallest absolute Gasteiger partial charge is 0.240 e. The van der Waals surface area contributed by atoms with Gasteiger partial charge in [0, 0.05) is 28.3 Å². The first-order valence-electron chi connectivity index (χ1n) is 7.74.